The van der Waals surface area contributed by atoms with Crippen LogP contribution in [0, 0.1) is 13.8 Å². The van der Waals surface area contributed by atoms with Crippen LogP contribution in [0.1, 0.15) is 27.3 Å². The second-order valence-electron chi connectivity index (χ2n) is 6.86. The van der Waals surface area contributed by atoms with Crippen molar-refractivity contribution in [1.82, 2.24) is 9.97 Å². The summed E-state index contributed by atoms with van der Waals surface area (Å²) in [5, 5.41) is 0. The predicted molar refractivity (Wildman–Crippen MR) is 112 cm³/mol. The molecule has 0 unspecified atom stereocenters. The molecule has 28 heavy (non-hydrogen) atoms. The van der Waals surface area contributed by atoms with Crippen LogP contribution in [0.2, 0.25) is 0 Å². The second kappa shape index (κ2) is 7.57. The number of nitrogens with zero attached hydrogens (tertiary/aromatic N) is 2. The molecule has 0 N–H and O–H groups in total. The third-order valence-corrected chi connectivity index (χ3v) is 4.77. The van der Waals surface area contributed by atoms with E-state index in [9.17, 15) is 4.79 Å². The lowest BCUT2D eigenvalue weighted by molar-refractivity contribution is 0.103. The maximum absolute atomic E-state index is 13.4. The zero-order valence-electron chi connectivity index (χ0n) is 15.9. The Kier molecular flexibility index (Phi) is 4.81. The summed E-state index contributed by atoms with van der Waals surface area (Å²) in [6, 6.07) is 23.8. The lowest BCUT2D eigenvalue weighted by Crippen LogP contribution is -2.10. The van der Waals surface area contributed by atoms with Gasteiger partial charge in [0.1, 0.15) is 11.4 Å². The standard InChI is InChI=1S/C25H20N2O/c1-17-7-11-19(12-8-17)21-5-3-15-26-23(21)25(28)24-22(6-4-16-27-24)20-13-9-18(2)10-14-20/h3-16H,1-2H3. The number of aryl methyl sites for hydroxylation is 2. The molecular weight excluding hydrogens is 344 g/mol. The summed E-state index contributed by atoms with van der Waals surface area (Å²) in [5.41, 5.74) is 6.74. The van der Waals surface area contributed by atoms with Crippen LogP contribution >= 0.6 is 0 Å². The van der Waals surface area contributed by atoms with Crippen LogP contribution in [0.4, 0.5) is 0 Å². The van der Waals surface area contributed by atoms with Crippen LogP contribution in [0.15, 0.2) is 85.2 Å². The molecule has 0 amide bonds. The van der Waals surface area contributed by atoms with Crippen molar-refractivity contribution in [1.29, 1.82) is 0 Å². The molecule has 0 aliphatic heterocycles. The second-order valence-corrected chi connectivity index (χ2v) is 6.86. The Balaban J connectivity index is 1.82. The van der Waals surface area contributed by atoms with Crippen LogP contribution in [-0.4, -0.2) is 15.8 Å². The van der Waals surface area contributed by atoms with Gasteiger partial charge < -0.3 is 0 Å². The molecule has 4 aromatic rings. The first-order valence-electron chi connectivity index (χ1n) is 9.22. The van der Waals surface area contributed by atoms with Crippen LogP contribution in [0.5, 0.6) is 0 Å². The molecule has 2 aromatic heterocycles. The highest BCUT2D eigenvalue weighted by Gasteiger charge is 2.21. The quantitative estimate of drug-likeness (QED) is 0.439. The van der Waals surface area contributed by atoms with E-state index in [1.807, 2.05) is 86.6 Å². The third-order valence-electron chi connectivity index (χ3n) is 4.77. The smallest absolute Gasteiger partial charge is 0.230 e. The van der Waals surface area contributed by atoms with E-state index >= 15 is 0 Å². The highest BCUT2D eigenvalue weighted by atomic mass is 16.1. The van der Waals surface area contributed by atoms with Gasteiger partial charge in [0.05, 0.1) is 0 Å². The molecule has 2 aromatic carbocycles. The Morgan fingerprint density at radius 1 is 0.607 bits per heavy atom. The minimum Gasteiger partial charge on any atom is -0.285 e. The summed E-state index contributed by atoms with van der Waals surface area (Å²) in [6.45, 7) is 4.08. The molecule has 3 heteroatoms. The fourth-order valence-corrected chi connectivity index (χ4v) is 3.22. The van der Waals surface area contributed by atoms with Crippen molar-refractivity contribution in [2.24, 2.45) is 0 Å². The molecule has 0 radical (unpaired) electrons. The molecule has 0 fully saturated rings. The normalized spacial score (nSPS) is 10.6. The summed E-state index contributed by atoms with van der Waals surface area (Å²) >= 11 is 0. The molecule has 0 atom stereocenters. The number of hydrogen-bond acceptors (Lipinski definition) is 3. The van der Waals surface area contributed by atoms with E-state index in [4.69, 9.17) is 0 Å². The van der Waals surface area contributed by atoms with E-state index in [1.54, 1.807) is 12.4 Å². The third kappa shape index (κ3) is 3.47. The van der Waals surface area contributed by atoms with Crippen molar-refractivity contribution in [2.45, 2.75) is 13.8 Å². The first-order chi connectivity index (χ1) is 13.6. The monoisotopic (exact) mass is 364 g/mol. The van der Waals surface area contributed by atoms with E-state index < -0.39 is 0 Å². The van der Waals surface area contributed by atoms with Gasteiger partial charge in [-0.2, -0.15) is 0 Å². The van der Waals surface area contributed by atoms with Crippen molar-refractivity contribution in [3.8, 4) is 22.3 Å². The van der Waals surface area contributed by atoms with Gasteiger partial charge in [0.2, 0.25) is 5.78 Å². The van der Waals surface area contributed by atoms with Crippen molar-refractivity contribution in [2.75, 3.05) is 0 Å². The predicted octanol–water partition coefficient (Wildman–Crippen LogP) is 5.66. The fraction of sp³-hybridized carbons (Fsp3) is 0.0800. The van der Waals surface area contributed by atoms with Crippen LogP contribution < -0.4 is 0 Å². The van der Waals surface area contributed by atoms with E-state index in [1.165, 1.54) is 11.1 Å². The van der Waals surface area contributed by atoms with Gasteiger partial charge in [-0.15, -0.1) is 0 Å². The lowest BCUT2D eigenvalue weighted by Gasteiger charge is -2.11. The molecule has 0 aliphatic carbocycles. The van der Waals surface area contributed by atoms with Gasteiger partial charge >= 0.3 is 0 Å². The zero-order chi connectivity index (χ0) is 19.5. The average Bonchev–Trinajstić information content (AvgIpc) is 2.74. The van der Waals surface area contributed by atoms with Gasteiger partial charge in [-0.05, 0) is 37.1 Å². The summed E-state index contributed by atoms with van der Waals surface area (Å²) in [5.74, 6) is -0.174. The molecule has 0 bridgehead atoms. The van der Waals surface area contributed by atoms with Gasteiger partial charge in [0.15, 0.2) is 0 Å². The first-order valence-corrected chi connectivity index (χ1v) is 9.22. The number of rotatable bonds is 4. The van der Waals surface area contributed by atoms with Gasteiger partial charge in [0.25, 0.3) is 0 Å². The molecule has 136 valence electrons. The Hall–Kier alpha value is -3.59. The van der Waals surface area contributed by atoms with E-state index in [-0.39, 0.29) is 5.78 Å². The van der Waals surface area contributed by atoms with E-state index in [0.29, 0.717) is 11.4 Å². The topological polar surface area (TPSA) is 42.9 Å². The van der Waals surface area contributed by atoms with Crippen LogP contribution in [0.25, 0.3) is 22.3 Å². The van der Waals surface area contributed by atoms with E-state index in [2.05, 4.69) is 9.97 Å². The molecule has 0 saturated heterocycles. The van der Waals surface area contributed by atoms with Crippen molar-refractivity contribution >= 4 is 5.78 Å². The Labute approximate surface area is 164 Å². The number of hydrogen-bond donors (Lipinski definition) is 0. The Bertz CT molecular complexity index is 1040. The number of carbonyl (C=O) groups excluding carboxylic acids is 1. The molecule has 0 saturated carbocycles. The van der Waals surface area contributed by atoms with Gasteiger partial charge in [-0.3, -0.25) is 14.8 Å². The van der Waals surface area contributed by atoms with Crippen molar-refractivity contribution < 1.29 is 4.79 Å². The van der Waals surface area contributed by atoms with Crippen molar-refractivity contribution in [3.63, 3.8) is 0 Å². The zero-order valence-corrected chi connectivity index (χ0v) is 15.9. The van der Waals surface area contributed by atoms with Gasteiger partial charge in [-0.25, -0.2) is 0 Å². The van der Waals surface area contributed by atoms with Crippen LogP contribution in [-0.2, 0) is 0 Å². The van der Waals surface area contributed by atoms with E-state index in [0.717, 1.165) is 22.3 Å². The largest absolute Gasteiger partial charge is 0.285 e. The minimum absolute atomic E-state index is 0.174. The molecule has 0 spiro atoms. The minimum atomic E-state index is -0.174. The first kappa shape index (κ1) is 17.8. The number of pyridine rings is 2. The SMILES string of the molecule is Cc1ccc(-c2cccnc2C(=O)c2ncccc2-c2ccc(C)cc2)cc1. The Morgan fingerprint density at radius 2 is 1.00 bits per heavy atom. The highest BCUT2D eigenvalue weighted by molar-refractivity contribution is 6.13. The molecule has 0 aliphatic rings. The number of carbonyl (C=O) groups is 1. The van der Waals surface area contributed by atoms with Crippen LogP contribution in [0.3, 0.4) is 0 Å². The summed E-state index contributed by atoms with van der Waals surface area (Å²) in [7, 11) is 0. The lowest BCUT2D eigenvalue weighted by atomic mass is 9.95. The van der Waals surface area contributed by atoms with Gasteiger partial charge in [0, 0.05) is 23.5 Å². The molecular formula is C25H20N2O. The van der Waals surface area contributed by atoms with Gasteiger partial charge in [-0.1, -0.05) is 71.8 Å². The van der Waals surface area contributed by atoms with Crippen molar-refractivity contribution in [3.05, 3.63) is 108 Å². The molecule has 2 heterocycles. The average molecular weight is 364 g/mol. The maximum atomic E-state index is 13.4. The summed E-state index contributed by atoms with van der Waals surface area (Å²) < 4.78 is 0. The Morgan fingerprint density at radius 3 is 1.39 bits per heavy atom. The highest BCUT2D eigenvalue weighted by Crippen LogP contribution is 2.28. The summed E-state index contributed by atoms with van der Waals surface area (Å²) in [4.78, 5) is 22.3. The number of aromatic nitrogens is 2. The fourth-order valence-electron chi connectivity index (χ4n) is 3.22. The molecule has 3 nitrogen and oxygen atoms in total. The number of benzene rings is 2. The maximum Gasteiger partial charge on any atom is 0.230 e. The molecule has 4 rings (SSSR count). The number of ketones is 1. The summed E-state index contributed by atoms with van der Waals surface area (Å²) in [6.07, 6.45) is 3.30.